The summed E-state index contributed by atoms with van der Waals surface area (Å²) in [6, 6.07) is 17.4. The third-order valence-electron chi connectivity index (χ3n) is 2.49. The van der Waals surface area contributed by atoms with E-state index < -0.39 is 0 Å². The van der Waals surface area contributed by atoms with Gasteiger partial charge in [0.25, 0.3) is 5.91 Å². The summed E-state index contributed by atoms with van der Waals surface area (Å²) >= 11 is 0. The van der Waals surface area contributed by atoms with Crippen LogP contribution >= 0.6 is 0 Å². The summed E-state index contributed by atoms with van der Waals surface area (Å²) in [5, 5.41) is 2.58. The van der Waals surface area contributed by atoms with Crippen LogP contribution in [0.3, 0.4) is 0 Å². The highest BCUT2D eigenvalue weighted by atomic mass is 16.1. The summed E-state index contributed by atoms with van der Waals surface area (Å²) in [5.74, 6) is -0.148. The minimum Gasteiger partial charge on any atom is -0.340 e. The van der Waals surface area contributed by atoms with E-state index in [2.05, 4.69) is 5.32 Å². The van der Waals surface area contributed by atoms with Crippen molar-refractivity contribution in [1.29, 1.82) is 0 Å². The number of nitrogens with two attached hydrogens (primary N) is 1. The SMILES string of the molecule is NCNC(=O)c1cccc(-c2ccccc2)c1. The molecular formula is C14H14N2O. The Hall–Kier alpha value is -2.13. The summed E-state index contributed by atoms with van der Waals surface area (Å²) in [5.41, 5.74) is 8.02. The van der Waals surface area contributed by atoms with Gasteiger partial charge in [0.2, 0.25) is 0 Å². The van der Waals surface area contributed by atoms with Gasteiger partial charge in [-0.05, 0) is 23.3 Å². The van der Waals surface area contributed by atoms with Crippen molar-refractivity contribution in [2.45, 2.75) is 0 Å². The van der Waals surface area contributed by atoms with Gasteiger partial charge in [-0.1, -0.05) is 42.5 Å². The lowest BCUT2D eigenvalue weighted by atomic mass is 10.0. The molecule has 0 radical (unpaired) electrons. The minimum atomic E-state index is -0.148. The van der Waals surface area contributed by atoms with Crippen LogP contribution in [0.4, 0.5) is 0 Å². The fourth-order valence-corrected chi connectivity index (χ4v) is 1.67. The second kappa shape index (κ2) is 5.27. The zero-order valence-corrected chi connectivity index (χ0v) is 9.39. The third kappa shape index (κ3) is 2.71. The molecule has 0 saturated heterocycles. The number of nitrogens with one attached hydrogen (secondary N) is 1. The molecule has 3 nitrogen and oxygen atoms in total. The molecule has 3 heteroatoms. The van der Waals surface area contributed by atoms with Gasteiger partial charge >= 0.3 is 0 Å². The highest BCUT2D eigenvalue weighted by Crippen LogP contribution is 2.19. The molecule has 2 aromatic carbocycles. The summed E-state index contributed by atoms with van der Waals surface area (Å²) in [7, 11) is 0. The van der Waals surface area contributed by atoms with E-state index in [4.69, 9.17) is 5.73 Å². The molecule has 0 bridgehead atoms. The Bertz CT molecular complexity index is 509. The van der Waals surface area contributed by atoms with Gasteiger partial charge in [0.1, 0.15) is 0 Å². The molecule has 0 fully saturated rings. The zero-order chi connectivity index (χ0) is 12.1. The van der Waals surface area contributed by atoms with E-state index in [1.807, 2.05) is 48.5 Å². The van der Waals surface area contributed by atoms with Crippen LogP contribution in [-0.2, 0) is 0 Å². The van der Waals surface area contributed by atoms with Crippen LogP contribution in [0.1, 0.15) is 10.4 Å². The first kappa shape index (κ1) is 11.4. The van der Waals surface area contributed by atoms with Crippen LogP contribution in [0.2, 0.25) is 0 Å². The van der Waals surface area contributed by atoms with Gasteiger partial charge in [0.15, 0.2) is 0 Å². The molecule has 0 aliphatic heterocycles. The van der Waals surface area contributed by atoms with E-state index in [9.17, 15) is 4.79 Å². The van der Waals surface area contributed by atoms with Gasteiger partial charge in [-0.2, -0.15) is 0 Å². The van der Waals surface area contributed by atoms with E-state index in [1.165, 1.54) is 0 Å². The van der Waals surface area contributed by atoms with Crippen LogP contribution in [-0.4, -0.2) is 12.6 Å². The van der Waals surface area contributed by atoms with Crippen molar-refractivity contribution < 1.29 is 4.79 Å². The number of amides is 1. The van der Waals surface area contributed by atoms with Crippen molar-refractivity contribution in [2.75, 3.05) is 6.67 Å². The first-order chi connectivity index (χ1) is 8.31. The van der Waals surface area contributed by atoms with Crippen LogP contribution in [0.15, 0.2) is 54.6 Å². The molecule has 0 heterocycles. The fraction of sp³-hybridized carbons (Fsp3) is 0.0714. The average molecular weight is 226 g/mol. The number of carbonyl (C=O) groups excluding carboxylic acids is 1. The molecule has 17 heavy (non-hydrogen) atoms. The van der Waals surface area contributed by atoms with Crippen molar-refractivity contribution in [3.05, 3.63) is 60.2 Å². The van der Waals surface area contributed by atoms with Crippen molar-refractivity contribution in [3.8, 4) is 11.1 Å². The van der Waals surface area contributed by atoms with Crippen molar-refractivity contribution in [2.24, 2.45) is 5.73 Å². The number of hydrogen-bond acceptors (Lipinski definition) is 2. The van der Waals surface area contributed by atoms with E-state index in [1.54, 1.807) is 6.07 Å². The predicted octanol–water partition coefficient (Wildman–Crippen LogP) is 2.00. The molecule has 0 aromatic heterocycles. The van der Waals surface area contributed by atoms with E-state index in [0.29, 0.717) is 5.56 Å². The molecule has 0 unspecified atom stereocenters. The lowest BCUT2D eigenvalue weighted by Crippen LogP contribution is -2.29. The van der Waals surface area contributed by atoms with Gasteiger partial charge in [-0.3, -0.25) is 4.79 Å². The summed E-state index contributed by atoms with van der Waals surface area (Å²) < 4.78 is 0. The number of carbonyl (C=O) groups is 1. The second-order valence-electron chi connectivity index (χ2n) is 3.66. The molecule has 3 N–H and O–H groups in total. The number of rotatable bonds is 3. The van der Waals surface area contributed by atoms with Crippen LogP contribution in [0, 0.1) is 0 Å². The molecule has 0 saturated carbocycles. The summed E-state index contributed by atoms with van der Waals surface area (Å²) in [6.07, 6.45) is 0. The molecule has 0 atom stereocenters. The third-order valence-corrected chi connectivity index (χ3v) is 2.49. The maximum Gasteiger partial charge on any atom is 0.252 e. The van der Waals surface area contributed by atoms with Crippen LogP contribution in [0.25, 0.3) is 11.1 Å². The largest absolute Gasteiger partial charge is 0.340 e. The Morgan fingerprint density at radius 3 is 2.41 bits per heavy atom. The summed E-state index contributed by atoms with van der Waals surface area (Å²) in [6.45, 7) is 0.147. The Balaban J connectivity index is 2.32. The highest BCUT2D eigenvalue weighted by Gasteiger charge is 2.05. The second-order valence-corrected chi connectivity index (χ2v) is 3.66. The Morgan fingerprint density at radius 2 is 1.71 bits per heavy atom. The van der Waals surface area contributed by atoms with E-state index >= 15 is 0 Å². The molecule has 1 amide bonds. The van der Waals surface area contributed by atoms with Gasteiger partial charge in [-0.15, -0.1) is 0 Å². The lowest BCUT2D eigenvalue weighted by molar-refractivity contribution is 0.0955. The number of benzene rings is 2. The Labute approximate surface area is 100 Å². The maximum absolute atomic E-state index is 11.6. The Kier molecular flexibility index (Phi) is 3.52. The smallest absolute Gasteiger partial charge is 0.252 e. The Morgan fingerprint density at radius 1 is 1.00 bits per heavy atom. The monoisotopic (exact) mass is 226 g/mol. The first-order valence-electron chi connectivity index (χ1n) is 5.45. The van der Waals surface area contributed by atoms with Crippen molar-refractivity contribution in [3.63, 3.8) is 0 Å². The average Bonchev–Trinajstić information content (AvgIpc) is 2.40. The quantitative estimate of drug-likeness (QED) is 0.786. The molecule has 0 aliphatic carbocycles. The van der Waals surface area contributed by atoms with Gasteiger partial charge in [0, 0.05) is 5.56 Å². The van der Waals surface area contributed by atoms with Gasteiger partial charge < -0.3 is 11.1 Å². The van der Waals surface area contributed by atoms with E-state index in [-0.39, 0.29) is 12.6 Å². The van der Waals surface area contributed by atoms with E-state index in [0.717, 1.165) is 11.1 Å². The predicted molar refractivity (Wildman–Crippen MR) is 68.4 cm³/mol. The standard InChI is InChI=1S/C14H14N2O/c15-10-16-14(17)13-8-4-7-12(9-13)11-5-2-1-3-6-11/h1-9H,10,15H2,(H,16,17). The molecule has 0 spiro atoms. The molecule has 2 aromatic rings. The van der Waals surface area contributed by atoms with Crippen LogP contribution < -0.4 is 11.1 Å². The lowest BCUT2D eigenvalue weighted by Gasteiger charge is -2.05. The molecule has 86 valence electrons. The maximum atomic E-state index is 11.6. The van der Waals surface area contributed by atoms with Crippen LogP contribution in [0.5, 0.6) is 0 Å². The minimum absolute atomic E-state index is 0.147. The highest BCUT2D eigenvalue weighted by molar-refractivity contribution is 5.95. The van der Waals surface area contributed by atoms with Gasteiger partial charge in [0.05, 0.1) is 6.67 Å². The van der Waals surface area contributed by atoms with Crippen molar-refractivity contribution >= 4 is 5.91 Å². The molecular weight excluding hydrogens is 212 g/mol. The first-order valence-corrected chi connectivity index (χ1v) is 5.45. The topological polar surface area (TPSA) is 55.1 Å². The number of hydrogen-bond donors (Lipinski definition) is 2. The summed E-state index contributed by atoms with van der Waals surface area (Å²) in [4.78, 5) is 11.6. The van der Waals surface area contributed by atoms with Gasteiger partial charge in [-0.25, -0.2) is 0 Å². The fourth-order valence-electron chi connectivity index (χ4n) is 1.67. The zero-order valence-electron chi connectivity index (χ0n) is 9.39. The molecule has 0 aliphatic rings. The molecule has 2 rings (SSSR count). The normalized spacial score (nSPS) is 9.94. The van der Waals surface area contributed by atoms with Crippen molar-refractivity contribution in [1.82, 2.24) is 5.32 Å².